The van der Waals surface area contributed by atoms with Crippen LogP contribution >= 0.6 is 23.2 Å². The van der Waals surface area contributed by atoms with Gasteiger partial charge in [0.15, 0.2) is 23.2 Å². The van der Waals surface area contributed by atoms with E-state index in [4.69, 9.17) is 4.74 Å². The molecule has 0 amide bonds. The van der Waals surface area contributed by atoms with Gasteiger partial charge in [0.25, 0.3) is 0 Å². The van der Waals surface area contributed by atoms with Gasteiger partial charge in [0, 0.05) is 44.0 Å². The van der Waals surface area contributed by atoms with Crippen molar-refractivity contribution in [3.8, 4) is 11.5 Å². The first-order valence-corrected chi connectivity index (χ1v) is 9.01. The normalized spacial score (nSPS) is 9.76. The van der Waals surface area contributed by atoms with E-state index in [1.165, 1.54) is 0 Å². The Bertz CT molecular complexity index is 922. The number of hydrogen-bond donors (Lipinski definition) is 3. The molecule has 0 saturated carbocycles. The van der Waals surface area contributed by atoms with Crippen molar-refractivity contribution in [3.05, 3.63) is 122 Å². The van der Waals surface area contributed by atoms with Crippen LogP contribution in [0.1, 0.15) is 26.0 Å². The summed E-state index contributed by atoms with van der Waals surface area (Å²) >= 11 is 0.650. The van der Waals surface area contributed by atoms with E-state index < -0.39 is 0 Å². The number of ether oxygens (including phenoxy) is 1. The monoisotopic (exact) mass is 642 g/mol. The maximum Gasteiger partial charge on any atom is 0.171 e. The third-order valence-corrected chi connectivity index (χ3v) is 3.58. The fourth-order valence-electron chi connectivity index (χ4n) is 2.28. The molecule has 7 N–H and O–H groups in total. The van der Waals surface area contributed by atoms with E-state index in [9.17, 15) is 7.97 Å². The number of para-hydroxylation sites is 2. The molecular formula is C26H35FIN2O2Y-. The number of phenolic OH excluding ortho intramolecular Hbond substituents is 1. The molecule has 7 heteroatoms. The van der Waals surface area contributed by atoms with Gasteiger partial charge in [-0.1, -0.05) is 100 Å². The quantitative estimate of drug-likeness (QED) is 0.176. The molecule has 4 nitrogen and oxygen atoms in total. The van der Waals surface area contributed by atoms with Gasteiger partial charge in [-0.3, -0.25) is 0 Å². The van der Waals surface area contributed by atoms with Crippen LogP contribution in [0, 0.1) is 6.08 Å². The topological polar surface area (TPSA) is 99.5 Å². The molecule has 0 bridgehead atoms. The first-order valence-electron chi connectivity index (χ1n) is 8.20. The van der Waals surface area contributed by atoms with Gasteiger partial charge in [-0.2, -0.15) is 9.44 Å². The molecule has 1 aliphatic rings. The Balaban J connectivity index is -0.000000129. The van der Waals surface area contributed by atoms with Gasteiger partial charge < -0.3 is 22.1 Å². The van der Waals surface area contributed by atoms with Gasteiger partial charge >= 0.3 is 0 Å². The van der Waals surface area contributed by atoms with Crippen molar-refractivity contribution < 1.29 is 45.4 Å². The average Bonchev–Trinajstić information content (AvgIpc) is 2.74. The Kier molecular flexibility index (Phi) is 29.3. The van der Waals surface area contributed by atoms with E-state index in [-0.39, 0.29) is 65.6 Å². The van der Waals surface area contributed by atoms with E-state index in [0.717, 1.165) is 28.0 Å². The van der Waals surface area contributed by atoms with Gasteiger partial charge in [-0.15, -0.1) is 12.2 Å². The van der Waals surface area contributed by atoms with Crippen molar-refractivity contribution in [3.63, 3.8) is 0 Å². The SMILES string of the molecule is C.C.C=C/C=C/C(=C)c1ccccc1O.C=CC1=[C-]C(=C)c2ccccc2O1.FI.N.N.[Y]. The van der Waals surface area contributed by atoms with Crippen molar-refractivity contribution in [1.29, 1.82) is 0 Å². The smallest absolute Gasteiger partial charge is 0.171 e. The van der Waals surface area contributed by atoms with Gasteiger partial charge in [0.05, 0.1) is 5.75 Å². The fraction of sp³-hybridized carbons (Fsp3) is 0.0769. The molecule has 2 aromatic carbocycles. The number of allylic oxidation sites excluding steroid dienone is 7. The summed E-state index contributed by atoms with van der Waals surface area (Å²) in [6, 6.07) is 14.9. The Morgan fingerprint density at radius 2 is 1.55 bits per heavy atom. The molecule has 179 valence electrons. The predicted molar refractivity (Wildman–Crippen MR) is 148 cm³/mol. The number of benzene rings is 2. The number of halogens is 2. The van der Waals surface area contributed by atoms with E-state index in [1.807, 2.05) is 42.5 Å². The van der Waals surface area contributed by atoms with Crippen LogP contribution in [0.25, 0.3) is 11.1 Å². The van der Waals surface area contributed by atoms with Crippen LogP contribution in [0.15, 0.2) is 105 Å². The zero-order valence-corrected chi connectivity index (χ0v) is 22.4. The summed E-state index contributed by atoms with van der Waals surface area (Å²) in [5, 5.41) is 9.46. The molecule has 0 aromatic heterocycles. The van der Waals surface area contributed by atoms with Crippen molar-refractivity contribution in [2.24, 2.45) is 0 Å². The minimum absolute atomic E-state index is 0. The largest absolute Gasteiger partial charge is 0.507 e. The van der Waals surface area contributed by atoms with Crippen LogP contribution in [0.5, 0.6) is 11.5 Å². The molecule has 0 saturated heterocycles. The van der Waals surface area contributed by atoms with Crippen molar-refractivity contribution in [2.45, 2.75) is 14.9 Å². The number of fused-ring (bicyclic) bond motifs is 1. The van der Waals surface area contributed by atoms with Crippen LogP contribution in [0.4, 0.5) is 2.86 Å². The molecular weight excluding hydrogens is 607 g/mol. The van der Waals surface area contributed by atoms with E-state index in [2.05, 4.69) is 32.4 Å². The van der Waals surface area contributed by atoms with Crippen LogP contribution in [0.2, 0.25) is 0 Å². The van der Waals surface area contributed by atoms with Crippen LogP contribution < -0.4 is 17.0 Å². The number of aromatic hydroxyl groups is 1. The predicted octanol–water partition coefficient (Wildman–Crippen LogP) is 9.01. The number of rotatable bonds is 4. The van der Waals surface area contributed by atoms with Crippen molar-refractivity contribution in [2.75, 3.05) is 0 Å². The molecule has 0 atom stereocenters. The number of hydrogen-bond acceptors (Lipinski definition) is 4. The van der Waals surface area contributed by atoms with E-state index in [1.54, 1.807) is 30.4 Å². The second kappa shape index (κ2) is 23.3. The standard InChI is InChI=1S/C12H9O.C12H12O.2CH4.FI.2H3N.Y/c1-3-10-8-9(2)11-6-4-5-7-12(11)13-10;1-3-4-7-10(2)11-8-5-6-9-12(11)13;;;1-2;;;/h3-7H,1-2H2;3-9,13H,1-2H2;2*1H4;;2*1H3;/q-1;;;;;;;/b;7-4+;;;;;;. The third-order valence-electron chi connectivity index (χ3n) is 3.58. The van der Waals surface area contributed by atoms with Gasteiger partial charge in [-0.25, -0.2) is 0 Å². The summed E-state index contributed by atoms with van der Waals surface area (Å²) in [5.74, 6) is 1.70. The summed E-state index contributed by atoms with van der Waals surface area (Å²) in [6.45, 7) is 14.9. The molecule has 0 aliphatic carbocycles. The molecule has 1 aliphatic heterocycles. The minimum Gasteiger partial charge on any atom is -0.507 e. The molecule has 1 radical (unpaired) electrons. The van der Waals surface area contributed by atoms with E-state index >= 15 is 0 Å². The Hall–Kier alpha value is -1.84. The average molecular weight is 642 g/mol. The van der Waals surface area contributed by atoms with Crippen LogP contribution in [0.3, 0.4) is 0 Å². The zero-order chi connectivity index (χ0) is 20.9. The summed E-state index contributed by atoms with van der Waals surface area (Å²) < 4.78 is 14.9. The number of phenols is 1. The molecule has 1 heterocycles. The van der Waals surface area contributed by atoms with Gasteiger partial charge in [0.1, 0.15) is 5.75 Å². The molecule has 2 aromatic rings. The summed E-state index contributed by atoms with van der Waals surface area (Å²) in [7, 11) is 0. The van der Waals surface area contributed by atoms with Crippen molar-refractivity contribution >= 4 is 34.3 Å². The fourth-order valence-corrected chi connectivity index (χ4v) is 2.28. The van der Waals surface area contributed by atoms with Gasteiger partial charge in [0.2, 0.25) is 0 Å². The van der Waals surface area contributed by atoms with Crippen molar-refractivity contribution in [1.82, 2.24) is 12.3 Å². The summed E-state index contributed by atoms with van der Waals surface area (Å²) in [6.07, 6.45) is 9.90. The third kappa shape index (κ3) is 13.5. The maximum atomic E-state index is 9.47. The first-order chi connectivity index (χ1) is 13.6. The Morgan fingerprint density at radius 1 is 1.00 bits per heavy atom. The Morgan fingerprint density at radius 3 is 2.09 bits per heavy atom. The molecule has 0 fully saturated rings. The van der Waals surface area contributed by atoms with Crippen LogP contribution in [-0.2, 0) is 32.7 Å². The van der Waals surface area contributed by atoms with Crippen LogP contribution in [-0.4, -0.2) is 5.11 Å². The molecule has 0 spiro atoms. The second-order valence-corrected chi connectivity index (χ2v) is 5.41. The molecule has 33 heavy (non-hydrogen) atoms. The zero-order valence-electron chi connectivity index (χ0n) is 17.4. The molecule has 3 rings (SSSR count). The van der Waals surface area contributed by atoms with E-state index in [0.29, 0.717) is 28.9 Å². The summed E-state index contributed by atoms with van der Waals surface area (Å²) in [5.41, 5.74) is 3.36. The maximum absolute atomic E-state index is 9.47. The Labute approximate surface area is 238 Å². The minimum atomic E-state index is 0. The molecule has 0 unspecified atom stereocenters. The second-order valence-electron chi connectivity index (χ2n) is 5.41. The summed E-state index contributed by atoms with van der Waals surface area (Å²) in [4.78, 5) is 0. The van der Waals surface area contributed by atoms with Gasteiger partial charge in [-0.05, 0) is 17.7 Å². The first kappa shape index (κ1) is 41.4.